The van der Waals surface area contributed by atoms with Crippen LogP contribution in [0.15, 0.2) is 36.0 Å². The molecule has 0 radical (unpaired) electrons. The molecule has 0 unspecified atom stereocenters. The minimum absolute atomic E-state index is 0.145. The summed E-state index contributed by atoms with van der Waals surface area (Å²) in [4.78, 5) is 11.2. The first-order valence-electron chi connectivity index (χ1n) is 10.6. The third-order valence-electron chi connectivity index (χ3n) is 6.12. The normalized spacial score (nSPS) is 30.3. The molecule has 0 saturated heterocycles. The van der Waals surface area contributed by atoms with Crippen LogP contribution >= 0.6 is 0 Å². The molecule has 1 aliphatic rings. The highest BCUT2D eigenvalue weighted by atomic mass is 16.3. The van der Waals surface area contributed by atoms with Gasteiger partial charge in [-0.05, 0) is 33.1 Å². The molecule has 0 aromatic carbocycles. The van der Waals surface area contributed by atoms with E-state index in [-0.39, 0.29) is 29.1 Å². The highest BCUT2D eigenvalue weighted by molar-refractivity contribution is 5.73. The molecule has 162 valence electrons. The fourth-order valence-electron chi connectivity index (χ4n) is 4.09. The summed E-state index contributed by atoms with van der Waals surface area (Å²) >= 11 is 0. The van der Waals surface area contributed by atoms with Crippen molar-refractivity contribution in [3.63, 3.8) is 0 Å². The van der Waals surface area contributed by atoms with E-state index in [1.165, 1.54) is 6.92 Å². The predicted octanol–water partition coefficient (Wildman–Crippen LogP) is 3.86. The number of aliphatic hydroxyl groups is 2. The zero-order valence-electron chi connectivity index (χ0n) is 19.0. The van der Waals surface area contributed by atoms with Gasteiger partial charge in [0.2, 0.25) is 5.91 Å². The van der Waals surface area contributed by atoms with E-state index in [1.54, 1.807) is 13.8 Å². The summed E-state index contributed by atoms with van der Waals surface area (Å²) in [5.74, 6) is 2.93. The quantitative estimate of drug-likeness (QED) is 0.329. The van der Waals surface area contributed by atoms with Gasteiger partial charge in [-0.1, -0.05) is 62.6 Å². The average molecular weight is 402 g/mol. The number of carbonyl (C=O) groups is 1. The average Bonchev–Trinajstić information content (AvgIpc) is 2.65. The van der Waals surface area contributed by atoms with Gasteiger partial charge in [0.05, 0.1) is 18.2 Å². The molecule has 0 spiro atoms. The van der Waals surface area contributed by atoms with E-state index in [4.69, 9.17) is 6.42 Å². The van der Waals surface area contributed by atoms with Crippen molar-refractivity contribution in [1.82, 2.24) is 5.32 Å². The Morgan fingerprint density at radius 1 is 1.24 bits per heavy atom. The number of amides is 1. The van der Waals surface area contributed by atoms with Gasteiger partial charge in [-0.3, -0.25) is 4.79 Å². The number of hydrogen-bond donors (Lipinski definition) is 3. The fourth-order valence-corrected chi connectivity index (χ4v) is 4.09. The molecule has 0 aliphatic heterocycles. The maximum atomic E-state index is 11.2. The molecule has 0 aromatic heterocycles. The van der Waals surface area contributed by atoms with Crippen LogP contribution in [0.5, 0.6) is 0 Å². The Morgan fingerprint density at radius 2 is 1.86 bits per heavy atom. The van der Waals surface area contributed by atoms with Crippen molar-refractivity contribution in [1.29, 1.82) is 0 Å². The van der Waals surface area contributed by atoms with E-state index in [1.807, 2.05) is 26.0 Å². The van der Waals surface area contributed by atoms with Gasteiger partial charge in [0.15, 0.2) is 0 Å². The van der Waals surface area contributed by atoms with Gasteiger partial charge >= 0.3 is 0 Å². The first-order valence-corrected chi connectivity index (χ1v) is 10.6. The molecule has 0 saturated carbocycles. The number of carbonyl (C=O) groups excluding carboxylic acids is 1. The van der Waals surface area contributed by atoms with Crippen LogP contribution in [0, 0.1) is 41.4 Å². The molecule has 1 rings (SSSR count). The van der Waals surface area contributed by atoms with E-state index >= 15 is 0 Å². The van der Waals surface area contributed by atoms with Gasteiger partial charge in [-0.2, -0.15) is 0 Å². The zero-order chi connectivity index (χ0) is 22.4. The lowest BCUT2D eigenvalue weighted by Gasteiger charge is -2.35. The number of aliphatic hydroxyl groups excluding tert-OH is 2. The second-order valence-corrected chi connectivity index (χ2v) is 9.11. The van der Waals surface area contributed by atoms with Crippen LogP contribution in [0.4, 0.5) is 0 Å². The van der Waals surface area contributed by atoms with Gasteiger partial charge < -0.3 is 15.5 Å². The number of terminal acetylenes is 1. The highest BCUT2D eigenvalue weighted by Gasteiger charge is 2.33. The number of allylic oxidation sites excluding steroid dienone is 5. The fraction of sp³-hybridized carbons (Fsp3) is 0.640. The lowest BCUT2D eigenvalue weighted by molar-refractivity contribution is -0.121. The van der Waals surface area contributed by atoms with Crippen LogP contribution in [0.1, 0.15) is 54.9 Å². The summed E-state index contributed by atoms with van der Waals surface area (Å²) < 4.78 is 0. The smallest absolute Gasteiger partial charge is 0.217 e. The minimum Gasteiger partial charge on any atom is -0.392 e. The monoisotopic (exact) mass is 401 g/mol. The van der Waals surface area contributed by atoms with E-state index in [0.717, 1.165) is 12.0 Å². The summed E-state index contributed by atoms with van der Waals surface area (Å²) in [6, 6.07) is -0.420. The van der Waals surface area contributed by atoms with E-state index in [0.29, 0.717) is 5.92 Å². The molecule has 0 aromatic rings. The van der Waals surface area contributed by atoms with E-state index in [2.05, 4.69) is 43.3 Å². The highest BCUT2D eigenvalue weighted by Crippen LogP contribution is 2.40. The molecule has 29 heavy (non-hydrogen) atoms. The third-order valence-corrected chi connectivity index (χ3v) is 6.12. The van der Waals surface area contributed by atoms with Crippen LogP contribution in [-0.2, 0) is 4.79 Å². The molecular weight excluding hydrogens is 362 g/mol. The lowest BCUT2D eigenvalue weighted by atomic mass is 9.68. The van der Waals surface area contributed by atoms with Crippen molar-refractivity contribution >= 4 is 5.91 Å². The molecule has 1 amide bonds. The van der Waals surface area contributed by atoms with Crippen LogP contribution in [0.25, 0.3) is 0 Å². The van der Waals surface area contributed by atoms with Crippen molar-refractivity contribution in [2.24, 2.45) is 29.1 Å². The van der Waals surface area contributed by atoms with Crippen molar-refractivity contribution in [3.05, 3.63) is 36.0 Å². The summed E-state index contributed by atoms with van der Waals surface area (Å²) in [5.41, 5.74) is 0.905. The van der Waals surface area contributed by atoms with Gasteiger partial charge in [-0.25, -0.2) is 0 Å². The van der Waals surface area contributed by atoms with Crippen molar-refractivity contribution < 1.29 is 15.0 Å². The number of rotatable bonds is 8. The van der Waals surface area contributed by atoms with Crippen LogP contribution in [-0.4, -0.2) is 34.4 Å². The summed E-state index contributed by atoms with van der Waals surface area (Å²) in [7, 11) is 0. The van der Waals surface area contributed by atoms with Crippen molar-refractivity contribution in [2.75, 3.05) is 0 Å². The Hall–Kier alpha value is -1.83. The third kappa shape index (κ3) is 7.17. The molecule has 1 aliphatic carbocycles. The molecule has 3 N–H and O–H groups in total. The Labute approximate surface area is 177 Å². The molecule has 8 atom stereocenters. The predicted molar refractivity (Wildman–Crippen MR) is 120 cm³/mol. The molecule has 4 heteroatoms. The second-order valence-electron chi connectivity index (χ2n) is 9.11. The Balaban J connectivity index is 2.80. The lowest BCUT2D eigenvalue weighted by Crippen LogP contribution is -2.47. The van der Waals surface area contributed by atoms with E-state index in [9.17, 15) is 15.0 Å². The standard InChI is InChI=1S/C25H39NO3/c1-9-25(8)15-17(3)11-13-22(25)14-16(2)10-12-18(4)23(28)19(5)24(29)20(6)26-21(7)27/h1,10-14,17-20,22-24,28-29H,15H2,2-8H3,(H,26,27)/t17-,18-,19+,20-,22-,23-,24+,25-/m1/s1. The largest absolute Gasteiger partial charge is 0.392 e. The van der Waals surface area contributed by atoms with Crippen LogP contribution in [0.3, 0.4) is 0 Å². The molecule has 4 nitrogen and oxygen atoms in total. The van der Waals surface area contributed by atoms with Gasteiger partial charge in [-0.15, -0.1) is 6.42 Å². The van der Waals surface area contributed by atoms with Crippen LogP contribution in [0.2, 0.25) is 0 Å². The first kappa shape index (κ1) is 25.2. The summed E-state index contributed by atoms with van der Waals surface area (Å²) in [6.07, 6.45) is 15.8. The maximum absolute atomic E-state index is 11.2. The van der Waals surface area contributed by atoms with E-state index < -0.39 is 18.2 Å². The van der Waals surface area contributed by atoms with Crippen molar-refractivity contribution in [3.8, 4) is 12.3 Å². The zero-order valence-corrected chi connectivity index (χ0v) is 19.0. The Kier molecular flexibility index (Phi) is 9.39. The first-order chi connectivity index (χ1) is 13.4. The maximum Gasteiger partial charge on any atom is 0.217 e. The summed E-state index contributed by atoms with van der Waals surface area (Å²) in [5, 5.41) is 23.7. The van der Waals surface area contributed by atoms with Gasteiger partial charge in [0.25, 0.3) is 0 Å². The molecule has 0 bridgehead atoms. The second kappa shape index (κ2) is 10.8. The van der Waals surface area contributed by atoms with Crippen LogP contribution < -0.4 is 5.32 Å². The summed E-state index contributed by atoms with van der Waals surface area (Å²) in [6.45, 7) is 13.2. The Morgan fingerprint density at radius 3 is 2.41 bits per heavy atom. The SMILES string of the molecule is C#C[C@]1(C)C[C@H](C)C=C[C@@H]1C=C(C)C=C[C@@H](C)[C@@H](O)[C@H](C)[C@H](O)[C@@H](C)NC(C)=O. The Bertz CT molecular complexity index is 687. The topological polar surface area (TPSA) is 69.6 Å². The van der Waals surface area contributed by atoms with Gasteiger partial charge in [0, 0.05) is 30.1 Å². The number of hydrogen-bond acceptors (Lipinski definition) is 3. The minimum atomic E-state index is -0.827. The molecular formula is C25H39NO3. The molecule has 0 heterocycles. The van der Waals surface area contributed by atoms with Gasteiger partial charge in [0.1, 0.15) is 0 Å². The van der Waals surface area contributed by atoms with Crippen molar-refractivity contribution in [2.45, 2.75) is 73.1 Å². The molecule has 0 fully saturated rings. The number of nitrogens with one attached hydrogen (secondary N) is 1.